The summed E-state index contributed by atoms with van der Waals surface area (Å²) in [6.45, 7) is 3.38. The standard InChI is InChI=1S/C24H23NS/c1-2-3-4-7-15-25-20-9-6-5-8-18(20)24-21(25)12-10-17-11-13-22-19(23(17)24)14-16-26-22/h5-6,8-14,16H,2-4,7,15H2,1H3. The molecule has 2 aromatic heterocycles. The molecule has 5 aromatic rings. The molecule has 0 amide bonds. The summed E-state index contributed by atoms with van der Waals surface area (Å²) in [4.78, 5) is 0. The van der Waals surface area contributed by atoms with Crippen LogP contribution in [0.15, 0.2) is 60.0 Å². The first-order chi connectivity index (χ1) is 12.9. The molecule has 0 unspecified atom stereocenters. The number of hydrogen-bond donors (Lipinski definition) is 0. The fourth-order valence-electron chi connectivity index (χ4n) is 4.34. The van der Waals surface area contributed by atoms with Crippen LogP contribution in [0.5, 0.6) is 0 Å². The van der Waals surface area contributed by atoms with Gasteiger partial charge in [0, 0.05) is 43.8 Å². The molecule has 0 aliphatic carbocycles. The predicted molar refractivity (Wildman–Crippen MR) is 116 cm³/mol. The molecular weight excluding hydrogens is 334 g/mol. The Bertz CT molecular complexity index is 1220. The molecule has 0 radical (unpaired) electrons. The molecule has 2 heterocycles. The molecule has 2 heteroatoms. The zero-order chi connectivity index (χ0) is 17.5. The first-order valence-corrected chi connectivity index (χ1v) is 10.6. The van der Waals surface area contributed by atoms with Gasteiger partial charge in [0.15, 0.2) is 0 Å². The molecule has 0 saturated heterocycles. The molecule has 0 atom stereocenters. The van der Waals surface area contributed by atoms with Crippen molar-refractivity contribution in [3.05, 3.63) is 60.0 Å². The highest BCUT2D eigenvalue weighted by Crippen LogP contribution is 2.39. The number of benzene rings is 3. The molecule has 0 bridgehead atoms. The van der Waals surface area contributed by atoms with Crippen LogP contribution >= 0.6 is 11.3 Å². The number of para-hydroxylation sites is 1. The van der Waals surface area contributed by atoms with Gasteiger partial charge in [-0.05, 0) is 41.5 Å². The number of rotatable bonds is 5. The maximum atomic E-state index is 2.55. The lowest BCUT2D eigenvalue weighted by Gasteiger charge is -2.08. The van der Waals surface area contributed by atoms with Crippen molar-refractivity contribution in [3.8, 4) is 0 Å². The van der Waals surface area contributed by atoms with Crippen LogP contribution in [0.1, 0.15) is 32.6 Å². The third kappa shape index (κ3) is 2.36. The SMILES string of the molecule is CCCCCCn1c2ccccc2c2c3c(ccc4sccc43)ccc21. The van der Waals surface area contributed by atoms with Gasteiger partial charge in [-0.2, -0.15) is 0 Å². The fraction of sp³-hybridized carbons (Fsp3) is 0.250. The Morgan fingerprint density at radius 1 is 0.769 bits per heavy atom. The quantitative estimate of drug-likeness (QED) is 0.283. The second-order valence-corrected chi connectivity index (χ2v) is 8.13. The van der Waals surface area contributed by atoms with Crippen LogP contribution in [0, 0.1) is 0 Å². The van der Waals surface area contributed by atoms with E-state index in [2.05, 4.69) is 71.5 Å². The van der Waals surface area contributed by atoms with E-state index in [1.54, 1.807) is 0 Å². The van der Waals surface area contributed by atoms with E-state index in [1.165, 1.54) is 68.3 Å². The van der Waals surface area contributed by atoms with Gasteiger partial charge in [0.05, 0.1) is 0 Å². The summed E-state index contributed by atoms with van der Waals surface area (Å²) in [5, 5.41) is 9.20. The highest BCUT2D eigenvalue weighted by atomic mass is 32.1. The molecule has 0 aliphatic rings. The Hall–Kier alpha value is -2.32. The summed E-state index contributed by atoms with van der Waals surface area (Å²) in [6, 6.07) is 20.4. The molecule has 130 valence electrons. The molecule has 3 aromatic carbocycles. The summed E-state index contributed by atoms with van der Waals surface area (Å²) in [5.74, 6) is 0. The van der Waals surface area contributed by atoms with Gasteiger partial charge >= 0.3 is 0 Å². The van der Waals surface area contributed by atoms with Crippen molar-refractivity contribution in [3.63, 3.8) is 0 Å². The smallest absolute Gasteiger partial charge is 0.0498 e. The number of unbranched alkanes of at least 4 members (excludes halogenated alkanes) is 3. The third-order valence-electron chi connectivity index (χ3n) is 5.58. The molecule has 0 spiro atoms. The van der Waals surface area contributed by atoms with Crippen LogP contribution in [0.3, 0.4) is 0 Å². The van der Waals surface area contributed by atoms with Crippen LogP contribution in [-0.4, -0.2) is 4.57 Å². The van der Waals surface area contributed by atoms with E-state index in [4.69, 9.17) is 0 Å². The van der Waals surface area contributed by atoms with Gasteiger partial charge in [-0.25, -0.2) is 0 Å². The zero-order valence-electron chi connectivity index (χ0n) is 15.2. The average molecular weight is 358 g/mol. The van der Waals surface area contributed by atoms with Gasteiger partial charge in [-0.15, -0.1) is 11.3 Å². The van der Waals surface area contributed by atoms with E-state index in [1.807, 2.05) is 11.3 Å². The van der Waals surface area contributed by atoms with Gasteiger partial charge < -0.3 is 4.57 Å². The normalized spacial score (nSPS) is 12.0. The van der Waals surface area contributed by atoms with Crippen LogP contribution in [0.4, 0.5) is 0 Å². The van der Waals surface area contributed by atoms with Crippen molar-refractivity contribution in [2.24, 2.45) is 0 Å². The van der Waals surface area contributed by atoms with E-state index in [-0.39, 0.29) is 0 Å². The number of aromatic nitrogens is 1. The van der Waals surface area contributed by atoms with Gasteiger partial charge in [0.1, 0.15) is 0 Å². The van der Waals surface area contributed by atoms with Crippen molar-refractivity contribution in [1.29, 1.82) is 0 Å². The summed E-state index contributed by atoms with van der Waals surface area (Å²) in [5.41, 5.74) is 2.76. The number of aryl methyl sites for hydroxylation is 1. The molecule has 1 nitrogen and oxygen atoms in total. The first kappa shape index (κ1) is 15.9. The number of hydrogen-bond acceptors (Lipinski definition) is 1. The van der Waals surface area contributed by atoms with E-state index in [0.717, 1.165) is 6.54 Å². The van der Waals surface area contributed by atoms with Crippen LogP contribution in [-0.2, 0) is 6.54 Å². The Morgan fingerprint density at radius 3 is 2.58 bits per heavy atom. The first-order valence-electron chi connectivity index (χ1n) is 9.68. The van der Waals surface area contributed by atoms with Crippen molar-refractivity contribution in [2.75, 3.05) is 0 Å². The molecule has 0 fully saturated rings. The summed E-state index contributed by atoms with van der Waals surface area (Å²) in [7, 11) is 0. The fourth-order valence-corrected chi connectivity index (χ4v) is 5.14. The third-order valence-corrected chi connectivity index (χ3v) is 6.47. The summed E-state index contributed by atoms with van der Waals surface area (Å²) < 4.78 is 3.93. The van der Waals surface area contributed by atoms with Gasteiger partial charge in [0.25, 0.3) is 0 Å². The Balaban J connectivity index is 1.84. The lowest BCUT2D eigenvalue weighted by molar-refractivity contribution is 0.602. The minimum absolute atomic E-state index is 1.11. The Morgan fingerprint density at radius 2 is 1.65 bits per heavy atom. The molecule has 0 aliphatic heterocycles. The topological polar surface area (TPSA) is 4.93 Å². The van der Waals surface area contributed by atoms with Crippen LogP contribution < -0.4 is 0 Å². The summed E-state index contributed by atoms with van der Waals surface area (Å²) in [6.07, 6.45) is 5.18. The largest absolute Gasteiger partial charge is 0.340 e. The molecular formula is C24H23NS. The molecule has 26 heavy (non-hydrogen) atoms. The highest BCUT2D eigenvalue weighted by Gasteiger charge is 2.14. The van der Waals surface area contributed by atoms with E-state index in [0.29, 0.717) is 0 Å². The van der Waals surface area contributed by atoms with Crippen LogP contribution in [0.2, 0.25) is 0 Å². The monoisotopic (exact) mass is 357 g/mol. The maximum Gasteiger partial charge on any atom is 0.0498 e. The van der Waals surface area contributed by atoms with Crippen molar-refractivity contribution < 1.29 is 0 Å². The highest BCUT2D eigenvalue weighted by molar-refractivity contribution is 7.17. The lowest BCUT2D eigenvalue weighted by Crippen LogP contribution is -1.97. The van der Waals surface area contributed by atoms with Gasteiger partial charge in [-0.3, -0.25) is 0 Å². The van der Waals surface area contributed by atoms with E-state index < -0.39 is 0 Å². The Kier molecular flexibility index (Phi) is 3.94. The second-order valence-electron chi connectivity index (χ2n) is 7.19. The number of thiophene rings is 1. The summed E-state index contributed by atoms with van der Waals surface area (Å²) >= 11 is 1.84. The zero-order valence-corrected chi connectivity index (χ0v) is 16.0. The van der Waals surface area contributed by atoms with Gasteiger partial charge in [-0.1, -0.05) is 56.5 Å². The number of fused-ring (bicyclic) bond motifs is 7. The van der Waals surface area contributed by atoms with E-state index in [9.17, 15) is 0 Å². The van der Waals surface area contributed by atoms with Gasteiger partial charge in [0.2, 0.25) is 0 Å². The molecule has 0 N–H and O–H groups in total. The van der Waals surface area contributed by atoms with Crippen LogP contribution in [0.25, 0.3) is 42.7 Å². The van der Waals surface area contributed by atoms with Crippen molar-refractivity contribution in [2.45, 2.75) is 39.2 Å². The van der Waals surface area contributed by atoms with Crippen molar-refractivity contribution >= 4 is 54.0 Å². The lowest BCUT2D eigenvalue weighted by atomic mass is 10.0. The minimum atomic E-state index is 1.11. The minimum Gasteiger partial charge on any atom is -0.340 e. The molecule has 0 saturated carbocycles. The Labute approximate surface area is 157 Å². The predicted octanol–water partition coefficient (Wildman–Crippen LogP) is 7.74. The second kappa shape index (κ2) is 6.44. The average Bonchev–Trinajstić information content (AvgIpc) is 3.28. The molecule has 5 rings (SSSR count). The maximum absolute atomic E-state index is 2.55. The van der Waals surface area contributed by atoms with E-state index >= 15 is 0 Å². The number of nitrogens with zero attached hydrogens (tertiary/aromatic N) is 1. The van der Waals surface area contributed by atoms with Crippen molar-refractivity contribution in [1.82, 2.24) is 4.57 Å².